The molecular formula is C18H23N3O6. The zero-order valence-electron chi connectivity index (χ0n) is 15.4. The average molecular weight is 377 g/mol. The second kappa shape index (κ2) is 8.52. The molecule has 1 aliphatic heterocycles. The van der Waals surface area contributed by atoms with Crippen LogP contribution in [0.25, 0.3) is 0 Å². The van der Waals surface area contributed by atoms with E-state index in [1.165, 1.54) is 12.0 Å². The zero-order chi connectivity index (χ0) is 20.1. The number of esters is 1. The predicted octanol–water partition coefficient (Wildman–Crippen LogP) is 0.811. The molecule has 9 heteroatoms. The number of carbonyl (C=O) groups is 4. The van der Waals surface area contributed by atoms with Gasteiger partial charge in [-0.3, -0.25) is 19.7 Å². The van der Waals surface area contributed by atoms with E-state index in [4.69, 9.17) is 15.2 Å². The summed E-state index contributed by atoms with van der Waals surface area (Å²) in [6.07, 6.45) is -1.22. The van der Waals surface area contributed by atoms with Gasteiger partial charge in [-0.15, -0.1) is 0 Å². The van der Waals surface area contributed by atoms with Crippen molar-refractivity contribution in [2.45, 2.75) is 26.4 Å². The van der Waals surface area contributed by atoms with Crippen LogP contribution in [-0.4, -0.2) is 43.6 Å². The molecular weight excluding hydrogens is 354 g/mol. The summed E-state index contributed by atoms with van der Waals surface area (Å²) in [5.74, 6) is -2.32. The number of para-hydroxylation sites is 2. The Morgan fingerprint density at radius 2 is 1.93 bits per heavy atom. The first kappa shape index (κ1) is 20.2. The largest absolute Gasteiger partial charge is 0.495 e. The number of nitrogens with two attached hydrogens (primary N) is 1. The first-order valence-electron chi connectivity index (χ1n) is 8.48. The van der Waals surface area contributed by atoms with E-state index in [0.29, 0.717) is 11.4 Å². The van der Waals surface area contributed by atoms with Crippen molar-refractivity contribution in [1.29, 1.82) is 0 Å². The number of hydrogen-bond donors (Lipinski definition) is 2. The number of urea groups is 1. The lowest BCUT2D eigenvalue weighted by atomic mass is 10.1. The van der Waals surface area contributed by atoms with Gasteiger partial charge in [0.05, 0.1) is 18.7 Å². The Bertz CT molecular complexity index is 748. The standard InChI is InChI=1S/C18H23N3O6/c1-10(2)15(16(23)20-18(19)25)27-17(24)11-8-14(22)21(9-11)12-6-4-5-7-13(12)26-3/h4-7,10-11,15H,8-9H2,1-3H3,(H3,19,20,23,25)/t11-,15-/m1/s1. The van der Waals surface area contributed by atoms with Crippen molar-refractivity contribution in [3.63, 3.8) is 0 Å². The number of carbonyl (C=O) groups excluding carboxylic acids is 4. The van der Waals surface area contributed by atoms with Gasteiger partial charge < -0.3 is 20.1 Å². The summed E-state index contributed by atoms with van der Waals surface area (Å²) in [5, 5.41) is 1.91. The zero-order valence-corrected chi connectivity index (χ0v) is 15.4. The molecule has 0 bridgehead atoms. The molecule has 0 aromatic heterocycles. The Morgan fingerprint density at radius 1 is 1.26 bits per heavy atom. The SMILES string of the molecule is COc1ccccc1N1C[C@H](C(=O)O[C@@H](C(=O)NC(N)=O)C(C)C)CC1=O. The third-order valence-corrected chi connectivity index (χ3v) is 4.19. The molecule has 1 aromatic rings. The smallest absolute Gasteiger partial charge is 0.318 e. The minimum Gasteiger partial charge on any atom is -0.495 e. The lowest BCUT2D eigenvalue weighted by molar-refractivity contribution is -0.161. The van der Waals surface area contributed by atoms with Crippen molar-refractivity contribution in [2.75, 3.05) is 18.6 Å². The van der Waals surface area contributed by atoms with Crippen LogP contribution >= 0.6 is 0 Å². The molecule has 0 saturated carbocycles. The van der Waals surface area contributed by atoms with Crippen LogP contribution in [0.15, 0.2) is 24.3 Å². The number of imide groups is 1. The molecule has 2 atom stereocenters. The number of nitrogens with zero attached hydrogens (tertiary/aromatic N) is 1. The van der Waals surface area contributed by atoms with Gasteiger partial charge in [0.25, 0.3) is 5.91 Å². The summed E-state index contributed by atoms with van der Waals surface area (Å²) < 4.78 is 10.5. The monoisotopic (exact) mass is 377 g/mol. The van der Waals surface area contributed by atoms with Gasteiger partial charge in [-0.05, 0) is 18.1 Å². The second-order valence-electron chi connectivity index (χ2n) is 6.53. The molecule has 3 N–H and O–H groups in total. The second-order valence-corrected chi connectivity index (χ2v) is 6.53. The van der Waals surface area contributed by atoms with E-state index in [2.05, 4.69) is 0 Å². The highest BCUT2D eigenvalue weighted by Gasteiger charge is 2.39. The number of hydrogen-bond acceptors (Lipinski definition) is 6. The predicted molar refractivity (Wildman–Crippen MR) is 95.9 cm³/mol. The molecule has 1 aromatic carbocycles. The van der Waals surface area contributed by atoms with Crippen LogP contribution in [-0.2, 0) is 19.1 Å². The van der Waals surface area contributed by atoms with Crippen molar-refractivity contribution in [2.24, 2.45) is 17.6 Å². The summed E-state index contributed by atoms with van der Waals surface area (Å²) in [7, 11) is 1.50. The maximum Gasteiger partial charge on any atom is 0.318 e. The van der Waals surface area contributed by atoms with Crippen LogP contribution in [0.1, 0.15) is 20.3 Å². The summed E-state index contributed by atoms with van der Waals surface area (Å²) in [6, 6.07) is 5.96. The highest BCUT2D eigenvalue weighted by Crippen LogP contribution is 2.33. The third kappa shape index (κ3) is 4.75. The van der Waals surface area contributed by atoms with Gasteiger partial charge in [0.15, 0.2) is 6.10 Å². The van der Waals surface area contributed by atoms with Gasteiger partial charge in [0.2, 0.25) is 5.91 Å². The van der Waals surface area contributed by atoms with Crippen LogP contribution in [0, 0.1) is 11.8 Å². The fraction of sp³-hybridized carbons (Fsp3) is 0.444. The van der Waals surface area contributed by atoms with Gasteiger partial charge in [-0.2, -0.15) is 0 Å². The van der Waals surface area contributed by atoms with Crippen LogP contribution in [0.4, 0.5) is 10.5 Å². The fourth-order valence-electron chi connectivity index (χ4n) is 2.86. The van der Waals surface area contributed by atoms with Gasteiger partial charge in [0.1, 0.15) is 5.75 Å². The normalized spacial score (nSPS) is 17.6. The molecule has 2 rings (SSSR count). The lowest BCUT2D eigenvalue weighted by Crippen LogP contribution is -2.46. The lowest BCUT2D eigenvalue weighted by Gasteiger charge is -2.22. The molecule has 0 spiro atoms. The number of primary amides is 1. The van der Waals surface area contributed by atoms with Crippen molar-refractivity contribution in [3.05, 3.63) is 24.3 Å². The number of amides is 4. The minimum absolute atomic E-state index is 0.0425. The molecule has 1 fully saturated rings. The van der Waals surface area contributed by atoms with E-state index >= 15 is 0 Å². The number of anilines is 1. The van der Waals surface area contributed by atoms with Crippen molar-refractivity contribution < 1.29 is 28.7 Å². The number of nitrogens with one attached hydrogen (secondary N) is 1. The van der Waals surface area contributed by atoms with Gasteiger partial charge in [-0.1, -0.05) is 26.0 Å². The van der Waals surface area contributed by atoms with Gasteiger partial charge in [-0.25, -0.2) is 4.79 Å². The Balaban J connectivity index is 2.10. The molecule has 146 valence electrons. The molecule has 0 unspecified atom stereocenters. The average Bonchev–Trinajstić information content (AvgIpc) is 3.00. The summed E-state index contributed by atoms with van der Waals surface area (Å²) in [5.41, 5.74) is 5.50. The maximum absolute atomic E-state index is 12.5. The van der Waals surface area contributed by atoms with E-state index in [9.17, 15) is 19.2 Å². The summed E-state index contributed by atoms with van der Waals surface area (Å²) in [6.45, 7) is 3.44. The molecule has 4 amide bonds. The van der Waals surface area contributed by atoms with Crippen molar-refractivity contribution in [1.82, 2.24) is 5.32 Å². The molecule has 1 saturated heterocycles. The highest BCUT2D eigenvalue weighted by molar-refractivity contribution is 6.01. The first-order valence-corrected chi connectivity index (χ1v) is 8.48. The number of rotatable bonds is 6. The first-order chi connectivity index (χ1) is 12.7. The number of benzene rings is 1. The molecule has 9 nitrogen and oxygen atoms in total. The van der Waals surface area contributed by atoms with Crippen LogP contribution in [0.3, 0.4) is 0 Å². The third-order valence-electron chi connectivity index (χ3n) is 4.19. The topological polar surface area (TPSA) is 128 Å². The Hall–Kier alpha value is -3.10. The van der Waals surface area contributed by atoms with Crippen molar-refractivity contribution >= 4 is 29.5 Å². The maximum atomic E-state index is 12.5. The minimum atomic E-state index is -1.18. The molecule has 0 radical (unpaired) electrons. The van der Waals surface area contributed by atoms with Gasteiger partial charge >= 0.3 is 12.0 Å². The van der Waals surface area contributed by atoms with E-state index in [-0.39, 0.29) is 24.8 Å². The van der Waals surface area contributed by atoms with Gasteiger partial charge in [0, 0.05) is 13.0 Å². The fourth-order valence-corrected chi connectivity index (χ4v) is 2.86. The van der Waals surface area contributed by atoms with E-state index in [1.807, 2.05) is 5.32 Å². The van der Waals surface area contributed by atoms with E-state index in [1.54, 1.807) is 38.1 Å². The molecule has 1 aliphatic rings. The Labute approximate surface area is 156 Å². The van der Waals surface area contributed by atoms with Crippen LogP contribution < -0.4 is 20.7 Å². The molecule has 0 aliphatic carbocycles. The molecule has 27 heavy (non-hydrogen) atoms. The van der Waals surface area contributed by atoms with Crippen LogP contribution in [0.2, 0.25) is 0 Å². The Morgan fingerprint density at radius 3 is 2.52 bits per heavy atom. The highest BCUT2D eigenvalue weighted by atomic mass is 16.5. The summed E-state index contributed by atoms with van der Waals surface area (Å²) in [4.78, 5) is 49.2. The number of ether oxygens (including phenoxy) is 2. The van der Waals surface area contributed by atoms with E-state index in [0.717, 1.165) is 0 Å². The quantitative estimate of drug-likeness (QED) is 0.706. The van der Waals surface area contributed by atoms with Crippen molar-refractivity contribution in [3.8, 4) is 5.75 Å². The number of methoxy groups -OCH3 is 1. The summed E-state index contributed by atoms with van der Waals surface area (Å²) >= 11 is 0. The van der Waals surface area contributed by atoms with Crippen LogP contribution in [0.5, 0.6) is 5.75 Å². The van der Waals surface area contributed by atoms with E-state index < -0.39 is 29.9 Å². The Kier molecular flexibility index (Phi) is 6.38. The molecule has 1 heterocycles.